The molecule has 0 aliphatic carbocycles. The van der Waals surface area contributed by atoms with Gasteiger partial charge in [-0.3, -0.25) is 4.98 Å². The van der Waals surface area contributed by atoms with Crippen LogP contribution in [0, 0.1) is 13.8 Å². The zero-order valence-corrected chi connectivity index (χ0v) is 6.41. The van der Waals surface area contributed by atoms with Crippen LogP contribution in [0.3, 0.4) is 0 Å². The van der Waals surface area contributed by atoms with Crippen LogP contribution in [0.1, 0.15) is 18.1 Å². The first kappa shape index (κ1) is 2.70. The van der Waals surface area contributed by atoms with Gasteiger partial charge in [0.1, 0.15) is 0 Å². The second-order valence-electron chi connectivity index (χ2n) is 1.64. The molecule has 0 saturated carbocycles. The molecule has 1 aromatic heterocycles. The minimum Gasteiger partial charge on any atom is -0.261 e. The van der Waals surface area contributed by atoms with Gasteiger partial charge < -0.3 is 0 Å². The first-order chi connectivity index (χ1) is 6.25. The van der Waals surface area contributed by atoms with Crippen LogP contribution in [-0.2, 0) is 0 Å². The molecule has 0 N–H and O–H groups in total. The normalized spacial score (nSPS) is 19.1. The molecule has 0 saturated heterocycles. The molecule has 1 heterocycles. The van der Waals surface area contributed by atoms with E-state index in [1.807, 2.05) is 0 Å². The average molecular weight is 191 g/mol. The Morgan fingerprint density at radius 3 is 3.33 bits per heavy atom. The quantitative estimate of drug-likeness (QED) is 0.613. The number of aryl methyl sites for hydroxylation is 1. The van der Waals surface area contributed by atoms with Gasteiger partial charge in [-0.2, -0.15) is 0 Å². The van der Waals surface area contributed by atoms with Crippen molar-refractivity contribution in [1.82, 2.24) is 4.98 Å². The zero-order chi connectivity index (χ0) is 11.1. The maximum Gasteiger partial charge on any atom is 0.0840 e. The molecule has 0 bridgehead atoms. The van der Waals surface area contributed by atoms with Crippen LogP contribution in [0.25, 0.3) is 0 Å². The van der Waals surface area contributed by atoms with Gasteiger partial charge in [-0.1, -0.05) is 15.9 Å². The van der Waals surface area contributed by atoms with Crippen LogP contribution in [0.15, 0.2) is 16.7 Å². The number of halogens is 1. The second kappa shape index (κ2) is 2.48. The third kappa shape index (κ3) is 1.30. The molecule has 1 aromatic rings. The molecule has 0 aliphatic rings. The van der Waals surface area contributed by atoms with Crippen LogP contribution in [0.4, 0.5) is 0 Å². The summed E-state index contributed by atoms with van der Waals surface area (Å²) in [6, 6.07) is -0.0875. The molecule has 0 fully saturated rings. The Labute approximate surface area is 70.3 Å². The lowest BCUT2D eigenvalue weighted by Crippen LogP contribution is -1.84. The fourth-order valence-corrected chi connectivity index (χ4v) is 0.691. The Morgan fingerprint density at radius 2 is 2.67 bits per heavy atom. The SMILES string of the molecule is [2H]c1nc(C([2H])([2H])[2H])c(C)c(Br)c1[2H]. The van der Waals surface area contributed by atoms with Gasteiger partial charge in [0.25, 0.3) is 0 Å². The van der Waals surface area contributed by atoms with Crippen LogP contribution in [0.2, 0.25) is 0 Å². The highest BCUT2D eigenvalue weighted by molar-refractivity contribution is 9.10. The molecular weight excluding hydrogens is 178 g/mol. The summed E-state index contributed by atoms with van der Waals surface area (Å²) >= 11 is 3.08. The Kier molecular flexibility index (Phi) is 0.745. The summed E-state index contributed by atoms with van der Waals surface area (Å²) in [6.07, 6.45) is -0.325. The standard InChI is InChI=1S/C7H8BrN/c1-5-6(2)9-4-3-7(5)8/h3-4H,1-2H3/i2D3,3D,4D. The van der Waals surface area contributed by atoms with Gasteiger partial charge in [0.2, 0.25) is 0 Å². The summed E-state index contributed by atoms with van der Waals surface area (Å²) < 4.78 is 36.6. The van der Waals surface area contributed by atoms with Gasteiger partial charge in [0.05, 0.1) is 2.74 Å². The van der Waals surface area contributed by atoms with Crippen molar-refractivity contribution in [1.29, 1.82) is 0 Å². The van der Waals surface area contributed by atoms with Crippen molar-refractivity contribution in [3.05, 3.63) is 27.9 Å². The minimum absolute atomic E-state index is 0.0875. The number of aromatic nitrogens is 1. The van der Waals surface area contributed by atoms with Gasteiger partial charge in [-0.05, 0) is 25.4 Å². The van der Waals surface area contributed by atoms with Crippen molar-refractivity contribution in [3.8, 4) is 0 Å². The summed E-state index contributed by atoms with van der Waals surface area (Å²) in [7, 11) is 0. The molecule has 1 rings (SSSR count). The van der Waals surface area contributed by atoms with Crippen molar-refractivity contribution in [2.45, 2.75) is 13.8 Å². The van der Waals surface area contributed by atoms with Crippen molar-refractivity contribution in [2.75, 3.05) is 0 Å². The smallest absolute Gasteiger partial charge is 0.0840 e. The maximum absolute atomic E-state index is 7.41. The van der Waals surface area contributed by atoms with Crippen molar-refractivity contribution in [2.24, 2.45) is 0 Å². The van der Waals surface area contributed by atoms with E-state index in [9.17, 15) is 0 Å². The number of hydrogen-bond acceptors (Lipinski definition) is 1. The van der Waals surface area contributed by atoms with Crippen LogP contribution < -0.4 is 0 Å². The molecule has 0 atom stereocenters. The number of rotatable bonds is 0. The second-order valence-corrected chi connectivity index (χ2v) is 2.43. The first-order valence-electron chi connectivity index (χ1n) is 4.89. The summed E-state index contributed by atoms with van der Waals surface area (Å²) in [4.78, 5) is 3.59. The molecule has 0 amide bonds. The maximum atomic E-state index is 7.41. The van der Waals surface area contributed by atoms with Crippen molar-refractivity contribution < 1.29 is 6.85 Å². The molecule has 1 nitrogen and oxygen atoms in total. The highest BCUT2D eigenvalue weighted by Gasteiger charge is 1.95. The largest absolute Gasteiger partial charge is 0.261 e. The third-order valence-electron chi connectivity index (χ3n) is 1.02. The molecular formula is C7H8BrN. The molecule has 48 valence electrons. The van der Waals surface area contributed by atoms with Crippen LogP contribution in [0.5, 0.6) is 0 Å². The summed E-state index contributed by atoms with van der Waals surface area (Å²) in [5.74, 6) is 0. The van der Waals surface area contributed by atoms with E-state index in [0.29, 0.717) is 10.0 Å². The monoisotopic (exact) mass is 190 g/mol. The lowest BCUT2D eigenvalue weighted by atomic mass is 10.2. The summed E-state index contributed by atoms with van der Waals surface area (Å²) in [5, 5.41) is 0. The molecule has 0 unspecified atom stereocenters. The van der Waals surface area contributed by atoms with Crippen LogP contribution in [-0.4, -0.2) is 4.98 Å². The number of hydrogen-bond donors (Lipinski definition) is 0. The van der Waals surface area contributed by atoms with Gasteiger partial charge in [-0.25, -0.2) is 0 Å². The number of nitrogens with zero attached hydrogens (tertiary/aromatic N) is 1. The predicted octanol–water partition coefficient (Wildman–Crippen LogP) is 2.46. The molecule has 9 heavy (non-hydrogen) atoms. The minimum atomic E-state index is -2.34. The summed E-state index contributed by atoms with van der Waals surface area (Å²) in [5.41, 5.74) is 0.274. The van der Waals surface area contributed by atoms with E-state index in [0.717, 1.165) is 0 Å². The highest BCUT2D eigenvalue weighted by Crippen LogP contribution is 2.15. The van der Waals surface area contributed by atoms with E-state index >= 15 is 0 Å². The predicted molar refractivity (Wildman–Crippen MR) is 41.4 cm³/mol. The Balaban J connectivity index is 3.49. The topological polar surface area (TPSA) is 12.9 Å². The fraction of sp³-hybridized carbons (Fsp3) is 0.286. The van der Waals surface area contributed by atoms with Crippen LogP contribution >= 0.6 is 15.9 Å². The van der Waals surface area contributed by atoms with E-state index in [-0.39, 0.29) is 17.9 Å². The van der Waals surface area contributed by atoms with Crippen molar-refractivity contribution >= 4 is 15.9 Å². The van der Waals surface area contributed by atoms with Gasteiger partial charge in [0.15, 0.2) is 0 Å². The van der Waals surface area contributed by atoms with Gasteiger partial charge >= 0.3 is 0 Å². The lowest BCUT2D eigenvalue weighted by Gasteiger charge is -1.98. The summed E-state index contributed by atoms with van der Waals surface area (Å²) in [6.45, 7) is -0.771. The van der Waals surface area contributed by atoms with Gasteiger partial charge in [-0.15, -0.1) is 0 Å². The lowest BCUT2D eigenvalue weighted by molar-refractivity contribution is 1.14. The number of pyridine rings is 1. The zero-order valence-electron chi connectivity index (χ0n) is 9.83. The first-order valence-corrected chi connectivity index (χ1v) is 3.18. The molecule has 0 spiro atoms. The van der Waals surface area contributed by atoms with E-state index in [2.05, 4.69) is 20.9 Å². The molecule has 0 aliphatic heterocycles. The fourth-order valence-electron chi connectivity index (χ4n) is 0.414. The highest BCUT2D eigenvalue weighted by atomic mass is 79.9. The van der Waals surface area contributed by atoms with Crippen molar-refractivity contribution in [3.63, 3.8) is 0 Å². The Bertz CT molecular complexity index is 373. The van der Waals surface area contributed by atoms with E-state index in [1.54, 1.807) is 6.92 Å². The third-order valence-corrected chi connectivity index (χ3v) is 1.81. The van der Waals surface area contributed by atoms with Gasteiger partial charge in [0, 0.05) is 20.5 Å². The van der Waals surface area contributed by atoms with E-state index in [1.165, 1.54) is 0 Å². The Hall–Kier alpha value is -0.370. The molecule has 2 heteroatoms. The average Bonchev–Trinajstić information content (AvgIpc) is 2.06. The Morgan fingerprint density at radius 1 is 1.89 bits per heavy atom. The molecule has 0 radical (unpaired) electrons. The van der Waals surface area contributed by atoms with E-state index in [4.69, 9.17) is 6.85 Å². The molecule has 0 aromatic carbocycles. The van der Waals surface area contributed by atoms with E-state index < -0.39 is 6.85 Å².